The third-order valence-electron chi connectivity index (χ3n) is 2.83. The van der Waals surface area contributed by atoms with E-state index >= 15 is 0 Å². The molecule has 2 unspecified atom stereocenters. The van der Waals surface area contributed by atoms with Crippen molar-refractivity contribution in [2.45, 2.75) is 38.0 Å². The first-order valence-electron chi connectivity index (χ1n) is 5.45. The zero-order chi connectivity index (χ0) is 11.5. The highest BCUT2D eigenvalue weighted by atomic mass is 79.9. The average Bonchev–Trinajstić information content (AvgIpc) is 2.60. The molecule has 0 aromatic heterocycles. The number of benzene rings is 1. The summed E-state index contributed by atoms with van der Waals surface area (Å²) in [6, 6.07) is 5.08. The molecule has 2 nitrogen and oxygen atoms in total. The van der Waals surface area contributed by atoms with Gasteiger partial charge in [-0.1, -0.05) is 15.9 Å². The van der Waals surface area contributed by atoms with E-state index in [2.05, 4.69) is 15.9 Å². The van der Waals surface area contributed by atoms with Crippen LogP contribution in [-0.4, -0.2) is 12.1 Å². The molecule has 16 heavy (non-hydrogen) atoms. The van der Waals surface area contributed by atoms with Gasteiger partial charge in [-0.05, 0) is 43.0 Å². The summed E-state index contributed by atoms with van der Waals surface area (Å²) in [6.45, 7) is 0.452. The van der Waals surface area contributed by atoms with Crippen molar-refractivity contribution in [2.24, 2.45) is 5.73 Å². The molecular weight excluding hydrogens is 273 g/mol. The van der Waals surface area contributed by atoms with Gasteiger partial charge < -0.3 is 10.5 Å². The van der Waals surface area contributed by atoms with Crippen molar-refractivity contribution in [3.8, 4) is 0 Å². The van der Waals surface area contributed by atoms with Crippen LogP contribution in [-0.2, 0) is 11.3 Å². The van der Waals surface area contributed by atoms with Crippen molar-refractivity contribution in [1.29, 1.82) is 0 Å². The zero-order valence-electron chi connectivity index (χ0n) is 8.96. The van der Waals surface area contributed by atoms with Crippen molar-refractivity contribution in [3.63, 3.8) is 0 Å². The number of rotatable bonds is 3. The molecule has 0 aliphatic heterocycles. The van der Waals surface area contributed by atoms with E-state index in [-0.39, 0.29) is 18.0 Å². The summed E-state index contributed by atoms with van der Waals surface area (Å²) in [4.78, 5) is 0. The summed E-state index contributed by atoms with van der Waals surface area (Å²) in [6.07, 6.45) is 3.18. The zero-order valence-corrected chi connectivity index (χ0v) is 10.5. The maximum atomic E-state index is 13.1. The largest absolute Gasteiger partial charge is 0.373 e. The predicted molar refractivity (Wildman–Crippen MR) is 64.5 cm³/mol. The van der Waals surface area contributed by atoms with Gasteiger partial charge in [-0.3, -0.25) is 0 Å². The summed E-state index contributed by atoms with van der Waals surface area (Å²) in [5.74, 6) is -0.240. The Morgan fingerprint density at radius 3 is 2.81 bits per heavy atom. The van der Waals surface area contributed by atoms with Gasteiger partial charge in [0, 0.05) is 10.5 Å². The van der Waals surface area contributed by atoms with E-state index in [4.69, 9.17) is 10.5 Å². The van der Waals surface area contributed by atoms with E-state index in [0.29, 0.717) is 6.61 Å². The fraction of sp³-hybridized carbons (Fsp3) is 0.500. The molecule has 4 heteroatoms. The number of halogens is 2. The first-order valence-corrected chi connectivity index (χ1v) is 6.25. The molecule has 1 fully saturated rings. The molecule has 0 radical (unpaired) electrons. The Morgan fingerprint density at radius 2 is 2.19 bits per heavy atom. The van der Waals surface area contributed by atoms with Gasteiger partial charge in [0.2, 0.25) is 0 Å². The smallest absolute Gasteiger partial charge is 0.124 e. The van der Waals surface area contributed by atoms with Crippen LogP contribution >= 0.6 is 15.9 Å². The Labute approximate surface area is 103 Å². The summed E-state index contributed by atoms with van der Waals surface area (Å²) in [5, 5.41) is 0. The molecule has 2 rings (SSSR count). The van der Waals surface area contributed by atoms with Crippen molar-refractivity contribution < 1.29 is 9.13 Å². The van der Waals surface area contributed by atoms with E-state index < -0.39 is 0 Å². The summed E-state index contributed by atoms with van der Waals surface area (Å²) >= 11 is 3.26. The van der Waals surface area contributed by atoms with Gasteiger partial charge in [0.1, 0.15) is 5.82 Å². The lowest BCUT2D eigenvalue weighted by Crippen LogP contribution is -2.17. The molecule has 0 heterocycles. The third-order valence-corrected chi connectivity index (χ3v) is 3.29. The number of ether oxygens (including phenoxy) is 1. The first-order chi connectivity index (χ1) is 7.63. The first kappa shape index (κ1) is 12.0. The maximum absolute atomic E-state index is 13.1. The number of hydrogen-bond donors (Lipinski definition) is 1. The van der Waals surface area contributed by atoms with Crippen LogP contribution in [0.4, 0.5) is 4.39 Å². The van der Waals surface area contributed by atoms with Gasteiger partial charge in [-0.15, -0.1) is 0 Å². The highest BCUT2D eigenvalue weighted by molar-refractivity contribution is 9.10. The van der Waals surface area contributed by atoms with Crippen molar-refractivity contribution in [3.05, 3.63) is 34.1 Å². The second-order valence-electron chi connectivity index (χ2n) is 4.28. The Bertz CT molecular complexity index is 352. The molecule has 1 saturated carbocycles. The topological polar surface area (TPSA) is 35.2 Å². The fourth-order valence-electron chi connectivity index (χ4n) is 2.03. The van der Waals surface area contributed by atoms with Crippen LogP contribution in [0, 0.1) is 5.82 Å². The predicted octanol–water partition coefficient (Wildman–Crippen LogP) is 2.98. The van der Waals surface area contributed by atoms with Crippen LogP contribution in [0.25, 0.3) is 0 Å². The second kappa shape index (κ2) is 5.25. The maximum Gasteiger partial charge on any atom is 0.124 e. The molecule has 0 saturated heterocycles. The molecule has 0 amide bonds. The van der Waals surface area contributed by atoms with Gasteiger partial charge in [0.15, 0.2) is 0 Å². The highest BCUT2D eigenvalue weighted by Gasteiger charge is 2.22. The molecule has 0 spiro atoms. The van der Waals surface area contributed by atoms with Crippen molar-refractivity contribution in [1.82, 2.24) is 0 Å². The molecule has 0 bridgehead atoms. The van der Waals surface area contributed by atoms with Crippen LogP contribution in [0.15, 0.2) is 22.7 Å². The standard InChI is InChI=1S/C12H15BrFNO/c13-9-3-8(4-10(14)5-9)7-16-12-2-1-11(15)6-12/h3-5,11-12H,1-2,6-7,15H2. The summed E-state index contributed by atoms with van der Waals surface area (Å²) in [5.41, 5.74) is 6.65. The van der Waals surface area contributed by atoms with Crippen LogP contribution in [0.3, 0.4) is 0 Å². The van der Waals surface area contributed by atoms with Crippen molar-refractivity contribution >= 4 is 15.9 Å². The Kier molecular flexibility index (Phi) is 3.95. The number of hydrogen-bond acceptors (Lipinski definition) is 2. The Morgan fingerprint density at radius 1 is 1.38 bits per heavy atom. The lowest BCUT2D eigenvalue weighted by molar-refractivity contribution is 0.0447. The number of nitrogens with two attached hydrogens (primary N) is 1. The average molecular weight is 288 g/mol. The Hall–Kier alpha value is -0.450. The van der Waals surface area contributed by atoms with Gasteiger partial charge in [-0.25, -0.2) is 4.39 Å². The highest BCUT2D eigenvalue weighted by Crippen LogP contribution is 2.22. The van der Waals surface area contributed by atoms with Crippen LogP contribution in [0.5, 0.6) is 0 Å². The van der Waals surface area contributed by atoms with E-state index in [0.717, 1.165) is 29.3 Å². The summed E-state index contributed by atoms with van der Waals surface area (Å²) < 4.78 is 19.5. The minimum absolute atomic E-state index is 0.233. The lowest BCUT2D eigenvalue weighted by Gasteiger charge is -2.11. The van der Waals surface area contributed by atoms with E-state index in [1.165, 1.54) is 12.1 Å². The SMILES string of the molecule is NC1CCC(OCc2cc(F)cc(Br)c2)C1. The van der Waals surface area contributed by atoms with Crippen molar-refractivity contribution in [2.75, 3.05) is 0 Å². The fourth-order valence-corrected chi connectivity index (χ4v) is 2.55. The van der Waals surface area contributed by atoms with E-state index in [9.17, 15) is 4.39 Å². The minimum atomic E-state index is -0.240. The minimum Gasteiger partial charge on any atom is -0.373 e. The Balaban J connectivity index is 1.89. The molecule has 88 valence electrons. The molecular formula is C12H15BrFNO. The normalized spacial score (nSPS) is 24.9. The van der Waals surface area contributed by atoms with Gasteiger partial charge in [-0.2, -0.15) is 0 Å². The van der Waals surface area contributed by atoms with E-state index in [1.807, 2.05) is 6.07 Å². The second-order valence-corrected chi connectivity index (χ2v) is 5.20. The molecule has 2 N–H and O–H groups in total. The van der Waals surface area contributed by atoms with E-state index in [1.54, 1.807) is 0 Å². The van der Waals surface area contributed by atoms with Gasteiger partial charge in [0.25, 0.3) is 0 Å². The molecule has 1 aliphatic rings. The van der Waals surface area contributed by atoms with Crippen LogP contribution < -0.4 is 5.73 Å². The quantitative estimate of drug-likeness (QED) is 0.928. The van der Waals surface area contributed by atoms with Crippen LogP contribution in [0.1, 0.15) is 24.8 Å². The third kappa shape index (κ3) is 3.27. The summed E-state index contributed by atoms with van der Waals surface area (Å²) in [7, 11) is 0. The molecule has 1 aliphatic carbocycles. The molecule has 2 atom stereocenters. The molecule has 1 aromatic carbocycles. The molecule has 1 aromatic rings. The van der Waals surface area contributed by atoms with Gasteiger partial charge >= 0.3 is 0 Å². The monoisotopic (exact) mass is 287 g/mol. The lowest BCUT2D eigenvalue weighted by atomic mass is 10.2. The van der Waals surface area contributed by atoms with Crippen LogP contribution in [0.2, 0.25) is 0 Å². The van der Waals surface area contributed by atoms with Gasteiger partial charge in [0.05, 0.1) is 12.7 Å².